The molecule has 26 heavy (non-hydrogen) atoms. The van der Waals surface area contributed by atoms with E-state index in [1.54, 1.807) is 36.6 Å². The number of rotatable bonds is 2. The highest BCUT2D eigenvalue weighted by Crippen LogP contribution is 2.19. The van der Waals surface area contributed by atoms with Gasteiger partial charge in [-0.15, -0.1) is 0 Å². The molecule has 0 saturated carbocycles. The van der Waals surface area contributed by atoms with E-state index in [0.29, 0.717) is 25.3 Å². The van der Waals surface area contributed by atoms with Crippen LogP contribution in [0.3, 0.4) is 0 Å². The molecule has 1 aromatic rings. The molecule has 1 aromatic carbocycles. The third kappa shape index (κ3) is 5.08. The van der Waals surface area contributed by atoms with Crippen molar-refractivity contribution in [2.24, 2.45) is 0 Å². The predicted octanol–water partition coefficient (Wildman–Crippen LogP) is 3.07. The van der Waals surface area contributed by atoms with Crippen molar-refractivity contribution >= 4 is 23.5 Å². The Kier molecular flexibility index (Phi) is 5.69. The van der Waals surface area contributed by atoms with E-state index in [0.717, 1.165) is 0 Å². The summed E-state index contributed by atoms with van der Waals surface area (Å²) in [6.07, 6.45) is -0.400. The first-order valence-corrected chi connectivity index (χ1v) is 8.37. The number of non-ortho nitro benzene ring substituents is 1. The Morgan fingerprint density at radius 2 is 2.00 bits per heavy atom. The number of urea groups is 1. The minimum absolute atomic E-state index is 0.0920. The van der Waals surface area contributed by atoms with Crippen LogP contribution in [-0.4, -0.2) is 58.1 Å². The van der Waals surface area contributed by atoms with Gasteiger partial charge in [0, 0.05) is 43.5 Å². The monoisotopic (exact) mass is 364 g/mol. The summed E-state index contributed by atoms with van der Waals surface area (Å²) in [4.78, 5) is 38.1. The Hall–Kier alpha value is -2.84. The number of hydrogen-bond donors (Lipinski definition) is 1. The number of carbonyl (C=O) groups is 2. The highest BCUT2D eigenvalue weighted by atomic mass is 16.6. The topological polar surface area (TPSA) is 105 Å². The number of nitro groups is 1. The molecule has 0 spiro atoms. The molecule has 0 aromatic heterocycles. The number of hydrogen-bond acceptors (Lipinski definition) is 5. The van der Waals surface area contributed by atoms with E-state index in [2.05, 4.69) is 5.32 Å². The van der Waals surface area contributed by atoms with Gasteiger partial charge in [-0.1, -0.05) is 6.07 Å². The summed E-state index contributed by atoms with van der Waals surface area (Å²) in [5.41, 5.74) is -0.312. The lowest BCUT2D eigenvalue weighted by atomic mass is 10.2. The second-order valence-electron chi connectivity index (χ2n) is 7.21. The van der Waals surface area contributed by atoms with Crippen molar-refractivity contribution in [3.8, 4) is 0 Å². The van der Waals surface area contributed by atoms with Crippen LogP contribution in [0.4, 0.5) is 21.0 Å². The number of amides is 3. The zero-order valence-electron chi connectivity index (χ0n) is 15.4. The predicted molar refractivity (Wildman–Crippen MR) is 96.1 cm³/mol. The van der Waals surface area contributed by atoms with Crippen molar-refractivity contribution in [2.75, 3.05) is 25.0 Å². The molecule has 1 atom stereocenters. The minimum Gasteiger partial charge on any atom is -0.444 e. The summed E-state index contributed by atoms with van der Waals surface area (Å²) in [7, 11) is 0. The van der Waals surface area contributed by atoms with Gasteiger partial charge in [0.1, 0.15) is 5.60 Å². The number of nitrogens with zero attached hydrogens (tertiary/aromatic N) is 3. The fourth-order valence-corrected chi connectivity index (χ4v) is 2.64. The number of nitrogens with one attached hydrogen (secondary N) is 1. The average Bonchev–Trinajstić information content (AvgIpc) is 2.53. The number of carbonyl (C=O) groups excluding carboxylic acids is 2. The fraction of sp³-hybridized carbons (Fsp3) is 0.529. The Labute approximate surface area is 152 Å². The van der Waals surface area contributed by atoms with Crippen molar-refractivity contribution in [1.82, 2.24) is 9.80 Å². The van der Waals surface area contributed by atoms with E-state index in [4.69, 9.17) is 4.74 Å². The summed E-state index contributed by atoms with van der Waals surface area (Å²) in [6.45, 7) is 8.31. The van der Waals surface area contributed by atoms with Crippen molar-refractivity contribution in [1.29, 1.82) is 0 Å². The van der Waals surface area contributed by atoms with Gasteiger partial charge in [0.25, 0.3) is 5.69 Å². The lowest BCUT2D eigenvalue weighted by Gasteiger charge is -2.40. The highest BCUT2D eigenvalue weighted by Gasteiger charge is 2.32. The lowest BCUT2D eigenvalue weighted by Crippen LogP contribution is -2.57. The van der Waals surface area contributed by atoms with E-state index in [1.165, 1.54) is 18.2 Å². The summed E-state index contributed by atoms with van der Waals surface area (Å²) < 4.78 is 5.36. The van der Waals surface area contributed by atoms with Crippen LogP contribution < -0.4 is 5.32 Å². The molecular weight excluding hydrogens is 340 g/mol. The molecule has 2 rings (SSSR count). The highest BCUT2D eigenvalue weighted by molar-refractivity contribution is 5.90. The molecule has 1 saturated heterocycles. The summed E-state index contributed by atoms with van der Waals surface area (Å²) >= 11 is 0. The Morgan fingerprint density at radius 1 is 1.31 bits per heavy atom. The molecule has 1 aliphatic rings. The van der Waals surface area contributed by atoms with Crippen LogP contribution in [0.2, 0.25) is 0 Å². The van der Waals surface area contributed by atoms with Crippen LogP contribution >= 0.6 is 0 Å². The number of anilines is 1. The maximum atomic E-state index is 12.5. The molecular formula is C17H24N4O5. The summed E-state index contributed by atoms with van der Waals surface area (Å²) in [5.74, 6) is 0. The fourth-order valence-electron chi connectivity index (χ4n) is 2.64. The summed E-state index contributed by atoms with van der Waals surface area (Å²) in [5, 5.41) is 13.5. The first-order valence-electron chi connectivity index (χ1n) is 8.37. The van der Waals surface area contributed by atoms with Gasteiger partial charge >= 0.3 is 12.1 Å². The quantitative estimate of drug-likeness (QED) is 0.641. The van der Waals surface area contributed by atoms with Crippen LogP contribution in [0.25, 0.3) is 0 Å². The van der Waals surface area contributed by atoms with Crippen molar-refractivity contribution in [2.45, 2.75) is 39.3 Å². The van der Waals surface area contributed by atoms with Gasteiger partial charge in [-0.2, -0.15) is 0 Å². The first kappa shape index (κ1) is 19.5. The standard InChI is InChI=1S/C17H24N4O5/c1-12-11-19(16(23)26-17(2,3)4)8-9-20(12)15(22)18-13-6-5-7-14(10-13)21(24)25/h5-7,10,12H,8-9,11H2,1-4H3,(H,18,22)/t12-/m1/s1. The number of ether oxygens (including phenoxy) is 1. The molecule has 142 valence electrons. The Bertz CT molecular complexity index is 701. The second kappa shape index (κ2) is 7.59. The number of benzene rings is 1. The van der Waals surface area contributed by atoms with Crippen LogP contribution in [0.15, 0.2) is 24.3 Å². The molecule has 0 radical (unpaired) electrons. The minimum atomic E-state index is -0.573. The second-order valence-corrected chi connectivity index (χ2v) is 7.21. The van der Waals surface area contributed by atoms with Gasteiger partial charge in [0.2, 0.25) is 0 Å². The van der Waals surface area contributed by atoms with Gasteiger partial charge < -0.3 is 19.9 Å². The maximum absolute atomic E-state index is 12.5. The van der Waals surface area contributed by atoms with E-state index >= 15 is 0 Å². The zero-order chi connectivity index (χ0) is 19.5. The van der Waals surface area contributed by atoms with Gasteiger partial charge in [-0.05, 0) is 33.8 Å². The maximum Gasteiger partial charge on any atom is 0.410 e. The smallest absolute Gasteiger partial charge is 0.410 e. The van der Waals surface area contributed by atoms with Crippen molar-refractivity contribution in [3.63, 3.8) is 0 Å². The summed E-state index contributed by atoms with van der Waals surface area (Å²) in [6, 6.07) is 5.19. The van der Waals surface area contributed by atoms with Gasteiger partial charge in [-0.25, -0.2) is 9.59 Å². The van der Waals surface area contributed by atoms with Gasteiger partial charge in [0.15, 0.2) is 0 Å². The normalized spacial score (nSPS) is 17.6. The van der Waals surface area contributed by atoms with Crippen molar-refractivity contribution in [3.05, 3.63) is 34.4 Å². The first-order chi connectivity index (χ1) is 12.1. The van der Waals surface area contributed by atoms with E-state index in [9.17, 15) is 19.7 Å². The van der Waals surface area contributed by atoms with Crippen LogP contribution in [0.1, 0.15) is 27.7 Å². The van der Waals surface area contributed by atoms with Crippen LogP contribution in [0, 0.1) is 10.1 Å². The molecule has 1 aliphatic heterocycles. The molecule has 0 unspecified atom stereocenters. The van der Waals surface area contributed by atoms with Crippen LogP contribution in [-0.2, 0) is 4.74 Å². The number of nitro benzene ring substituents is 1. The van der Waals surface area contributed by atoms with E-state index in [-0.39, 0.29) is 17.8 Å². The van der Waals surface area contributed by atoms with E-state index < -0.39 is 16.6 Å². The molecule has 9 nitrogen and oxygen atoms in total. The third-order valence-corrected chi connectivity index (χ3v) is 3.85. The molecule has 1 fully saturated rings. The lowest BCUT2D eigenvalue weighted by molar-refractivity contribution is -0.384. The molecule has 0 bridgehead atoms. The Morgan fingerprint density at radius 3 is 2.58 bits per heavy atom. The van der Waals surface area contributed by atoms with Gasteiger partial charge in [0.05, 0.1) is 4.92 Å². The molecule has 1 heterocycles. The van der Waals surface area contributed by atoms with E-state index in [1.807, 2.05) is 6.92 Å². The largest absolute Gasteiger partial charge is 0.444 e. The molecule has 1 N–H and O–H groups in total. The molecule has 0 aliphatic carbocycles. The molecule has 9 heteroatoms. The number of piperazine rings is 1. The van der Waals surface area contributed by atoms with Crippen LogP contribution in [0.5, 0.6) is 0 Å². The third-order valence-electron chi connectivity index (χ3n) is 3.85. The average molecular weight is 364 g/mol. The van der Waals surface area contributed by atoms with Crippen molar-refractivity contribution < 1.29 is 19.2 Å². The molecule has 3 amide bonds. The SMILES string of the molecule is C[C@@H]1CN(C(=O)OC(C)(C)C)CCN1C(=O)Nc1cccc([N+](=O)[O-])c1. The van der Waals surface area contributed by atoms with Gasteiger partial charge in [-0.3, -0.25) is 10.1 Å². The Balaban J connectivity index is 1.96. The zero-order valence-corrected chi connectivity index (χ0v) is 15.4.